The molecule has 1 aromatic heterocycles. The summed E-state index contributed by atoms with van der Waals surface area (Å²) in [6.45, 7) is 0. The van der Waals surface area contributed by atoms with Crippen molar-refractivity contribution in [3.8, 4) is 50.2 Å². The second kappa shape index (κ2) is 15.1. The molecule has 0 saturated carbocycles. The fraction of sp³-hybridized carbons (Fsp3) is 0. The molecule has 0 unspecified atom stereocenters. The van der Waals surface area contributed by atoms with Gasteiger partial charge in [-0.1, -0.05) is 182 Å². The second-order valence-corrected chi connectivity index (χ2v) is 15.4. The third-order valence-electron chi connectivity index (χ3n) is 11.8. The maximum Gasteiger partial charge on any atom is 0.0547 e. The topological polar surface area (TPSA) is 8.17 Å². The van der Waals surface area contributed by atoms with Crippen LogP contribution in [0.5, 0.6) is 0 Å². The van der Waals surface area contributed by atoms with Crippen LogP contribution in [-0.4, -0.2) is 4.57 Å². The largest absolute Gasteiger partial charge is 0.311 e. The molecule has 11 rings (SSSR count). The minimum Gasteiger partial charge on any atom is -0.311 e. The van der Waals surface area contributed by atoms with Crippen LogP contribution >= 0.6 is 0 Å². The first kappa shape index (κ1) is 35.2. The van der Waals surface area contributed by atoms with Gasteiger partial charge in [-0.15, -0.1) is 0 Å². The third-order valence-corrected chi connectivity index (χ3v) is 11.8. The van der Waals surface area contributed by atoms with Gasteiger partial charge in [-0.05, 0) is 110 Å². The fourth-order valence-electron chi connectivity index (χ4n) is 8.80. The third kappa shape index (κ3) is 6.41. The van der Waals surface area contributed by atoms with E-state index >= 15 is 0 Å². The smallest absolute Gasteiger partial charge is 0.0547 e. The highest BCUT2D eigenvalue weighted by atomic mass is 15.1. The molecule has 10 aromatic carbocycles. The molecule has 2 heteroatoms. The molecule has 0 spiro atoms. The molecule has 282 valence electrons. The molecule has 0 aliphatic rings. The summed E-state index contributed by atoms with van der Waals surface area (Å²) in [6, 6.07) is 87.8. The van der Waals surface area contributed by atoms with E-state index in [-0.39, 0.29) is 0 Å². The molecular weight excluding hydrogens is 725 g/mol. The van der Waals surface area contributed by atoms with Crippen LogP contribution in [0.3, 0.4) is 0 Å². The highest BCUT2D eigenvalue weighted by Crippen LogP contribution is 2.41. The van der Waals surface area contributed by atoms with Crippen LogP contribution in [0.25, 0.3) is 82.8 Å². The summed E-state index contributed by atoms with van der Waals surface area (Å²) in [5.41, 5.74) is 16.4. The molecule has 0 radical (unpaired) electrons. The molecule has 60 heavy (non-hydrogen) atoms. The van der Waals surface area contributed by atoms with Crippen molar-refractivity contribution < 1.29 is 0 Å². The SMILES string of the molecule is c1ccc(-c2ccc(N(c3ccc(-c4ccccc4)cc3)c3ccc(-c4ccccc4-n4c5ccccc5c5ccc(-c6ccc7ccccc7c6)cc54)cc3)cc2)cc1. The van der Waals surface area contributed by atoms with Crippen LogP contribution in [0.4, 0.5) is 17.1 Å². The summed E-state index contributed by atoms with van der Waals surface area (Å²) in [5.74, 6) is 0. The van der Waals surface area contributed by atoms with Gasteiger partial charge in [0.1, 0.15) is 0 Å². The van der Waals surface area contributed by atoms with Crippen LogP contribution in [-0.2, 0) is 0 Å². The molecule has 0 aliphatic carbocycles. The Morgan fingerprint density at radius 3 is 1.37 bits per heavy atom. The summed E-state index contributed by atoms with van der Waals surface area (Å²) >= 11 is 0. The normalized spacial score (nSPS) is 11.3. The summed E-state index contributed by atoms with van der Waals surface area (Å²) in [6.07, 6.45) is 0. The highest BCUT2D eigenvalue weighted by molar-refractivity contribution is 6.11. The Balaban J connectivity index is 1.01. The number of hydrogen-bond acceptors (Lipinski definition) is 1. The fourth-order valence-corrected chi connectivity index (χ4v) is 8.80. The molecule has 2 nitrogen and oxygen atoms in total. The van der Waals surface area contributed by atoms with Gasteiger partial charge in [-0.25, -0.2) is 0 Å². The maximum atomic E-state index is 2.45. The Labute approximate surface area is 350 Å². The zero-order valence-electron chi connectivity index (χ0n) is 33.0. The first-order chi connectivity index (χ1) is 29.7. The standard InChI is InChI=1S/C58H40N2/c1-3-13-41(14-4-1)44-25-32-50(33-26-44)59(51-34-27-45(28-35-51)42-15-5-2-6-16-42)52-36-29-46(30-37-52)53-19-9-11-21-56(53)60-57-22-12-10-20-54(57)55-38-31-49(40-58(55)60)48-24-23-43-17-7-8-18-47(43)39-48/h1-40H. The predicted octanol–water partition coefficient (Wildman–Crippen LogP) is 16.1. The quantitative estimate of drug-likeness (QED) is 0.150. The second-order valence-electron chi connectivity index (χ2n) is 15.4. The Morgan fingerprint density at radius 2 is 0.717 bits per heavy atom. The number of anilines is 3. The first-order valence-corrected chi connectivity index (χ1v) is 20.6. The van der Waals surface area contributed by atoms with Gasteiger partial charge in [0, 0.05) is 33.4 Å². The molecule has 0 amide bonds. The Hall–Kier alpha value is -7.94. The molecule has 0 saturated heterocycles. The van der Waals surface area contributed by atoms with Gasteiger partial charge < -0.3 is 9.47 Å². The van der Waals surface area contributed by atoms with Gasteiger partial charge in [0.2, 0.25) is 0 Å². The van der Waals surface area contributed by atoms with Crippen LogP contribution in [0.15, 0.2) is 243 Å². The van der Waals surface area contributed by atoms with Gasteiger partial charge in [0.15, 0.2) is 0 Å². The number of hydrogen-bond donors (Lipinski definition) is 0. The Kier molecular flexibility index (Phi) is 8.87. The number of fused-ring (bicyclic) bond motifs is 4. The van der Waals surface area contributed by atoms with Crippen LogP contribution < -0.4 is 4.90 Å². The van der Waals surface area contributed by atoms with Gasteiger partial charge in [-0.3, -0.25) is 0 Å². The first-order valence-electron chi connectivity index (χ1n) is 20.6. The number of aromatic nitrogens is 1. The molecular formula is C58H40N2. The Morgan fingerprint density at radius 1 is 0.267 bits per heavy atom. The lowest BCUT2D eigenvalue weighted by atomic mass is 10.00. The predicted molar refractivity (Wildman–Crippen MR) is 255 cm³/mol. The Bertz CT molecular complexity index is 3190. The molecule has 0 N–H and O–H groups in total. The highest BCUT2D eigenvalue weighted by Gasteiger charge is 2.18. The van der Waals surface area contributed by atoms with E-state index in [1.165, 1.54) is 71.5 Å². The van der Waals surface area contributed by atoms with Crippen molar-refractivity contribution >= 4 is 49.6 Å². The van der Waals surface area contributed by atoms with Crippen LogP contribution in [0, 0.1) is 0 Å². The van der Waals surface area contributed by atoms with Crippen LogP contribution in [0.2, 0.25) is 0 Å². The molecule has 1 heterocycles. The van der Waals surface area contributed by atoms with Crippen molar-refractivity contribution in [2.24, 2.45) is 0 Å². The summed E-state index contributed by atoms with van der Waals surface area (Å²) in [7, 11) is 0. The summed E-state index contributed by atoms with van der Waals surface area (Å²) in [5, 5.41) is 4.99. The average molecular weight is 765 g/mol. The summed E-state index contributed by atoms with van der Waals surface area (Å²) in [4.78, 5) is 2.35. The number of benzene rings is 10. The minimum atomic E-state index is 1.09. The molecule has 0 aliphatic heterocycles. The minimum absolute atomic E-state index is 1.09. The van der Waals surface area contributed by atoms with E-state index in [2.05, 4.69) is 252 Å². The van der Waals surface area contributed by atoms with Crippen molar-refractivity contribution in [1.82, 2.24) is 4.57 Å². The van der Waals surface area contributed by atoms with Crippen molar-refractivity contribution in [3.63, 3.8) is 0 Å². The zero-order valence-corrected chi connectivity index (χ0v) is 33.0. The lowest BCUT2D eigenvalue weighted by Crippen LogP contribution is -2.09. The van der Waals surface area contributed by atoms with Gasteiger partial charge >= 0.3 is 0 Å². The van der Waals surface area contributed by atoms with E-state index in [1.807, 2.05) is 0 Å². The van der Waals surface area contributed by atoms with E-state index in [1.54, 1.807) is 0 Å². The number of para-hydroxylation sites is 2. The van der Waals surface area contributed by atoms with E-state index in [4.69, 9.17) is 0 Å². The number of rotatable bonds is 8. The number of nitrogens with zero attached hydrogens (tertiary/aromatic N) is 2. The zero-order chi connectivity index (χ0) is 39.8. The lowest BCUT2D eigenvalue weighted by molar-refractivity contribution is 1.18. The van der Waals surface area contributed by atoms with Crippen molar-refractivity contribution in [1.29, 1.82) is 0 Å². The van der Waals surface area contributed by atoms with E-state index < -0.39 is 0 Å². The maximum absolute atomic E-state index is 2.45. The van der Waals surface area contributed by atoms with Gasteiger partial charge in [-0.2, -0.15) is 0 Å². The lowest BCUT2D eigenvalue weighted by Gasteiger charge is -2.26. The molecule has 0 atom stereocenters. The summed E-state index contributed by atoms with van der Waals surface area (Å²) < 4.78 is 2.45. The van der Waals surface area contributed by atoms with Crippen LogP contribution in [0.1, 0.15) is 0 Å². The van der Waals surface area contributed by atoms with Crippen molar-refractivity contribution in [3.05, 3.63) is 243 Å². The van der Waals surface area contributed by atoms with Crippen molar-refractivity contribution in [2.75, 3.05) is 4.90 Å². The molecule has 0 bridgehead atoms. The molecule has 0 fully saturated rings. The van der Waals surface area contributed by atoms with E-state index in [9.17, 15) is 0 Å². The van der Waals surface area contributed by atoms with E-state index in [0.717, 1.165) is 28.3 Å². The molecule has 11 aromatic rings. The monoisotopic (exact) mass is 764 g/mol. The van der Waals surface area contributed by atoms with Gasteiger partial charge in [0.25, 0.3) is 0 Å². The van der Waals surface area contributed by atoms with E-state index in [0.29, 0.717) is 0 Å². The van der Waals surface area contributed by atoms with Gasteiger partial charge in [0.05, 0.1) is 16.7 Å². The average Bonchev–Trinajstić information content (AvgIpc) is 3.66. The van der Waals surface area contributed by atoms with Crippen molar-refractivity contribution in [2.45, 2.75) is 0 Å².